The van der Waals surface area contributed by atoms with Crippen LogP contribution in [0.15, 0.2) is 17.0 Å². The Hall–Kier alpha value is -0.920. The molecule has 0 aliphatic carbocycles. The van der Waals surface area contributed by atoms with Crippen LogP contribution < -0.4 is 10.0 Å². The van der Waals surface area contributed by atoms with E-state index in [1.54, 1.807) is 27.0 Å². The highest BCUT2D eigenvalue weighted by molar-refractivity contribution is 7.89. The van der Waals surface area contributed by atoms with Gasteiger partial charge in [0.2, 0.25) is 10.0 Å². The molecule has 0 amide bonds. The van der Waals surface area contributed by atoms with E-state index in [0.717, 1.165) is 12.2 Å². The number of hydrogen-bond acceptors (Lipinski definition) is 4. The van der Waals surface area contributed by atoms with Gasteiger partial charge in [-0.3, -0.25) is 4.21 Å². The van der Waals surface area contributed by atoms with Crippen molar-refractivity contribution in [3.8, 4) is 0 Å². The first-order valence-corrected chi connectivity index (χ1v) is 10.1. The van der Waals surface area contributed by atoms with Crippen molar-refractivity contribution in [2.24, 2.45) is 0 Å². The second kappa shape index (κ2) is 7.38. The fourth-order valence-corrected chi connectivity index (χ4v) is 4.98. The number of rotatable bonds is 7. The standard InChI is InChI=1S/C14H24N2O3S2/c1-6-15-13-7-10(2)14(11(3)8-13)21(18,19)16-12(4)9-20(5)17/h7-8,12,15-16H,6,9H2,1-5H3. The molecule has 1 rings (SSSR count). The van der Waals surface area contributed by atoms with Crippen LogP contribution in [0.3, 0.4) is 0 Å². The first-order valence-electron chi connectivity index (χ1n) is 6.84. The van der Waals surface area contributed by atoms with Gasteiger partial charge in [0.25, 0.3) is 0 Å². The quantitative estimate of drug-likeness (QED) is 0.798. The largest absolute Gasteiger partial charge is 0.385 e. The van der Waals surface area contributed by atoms with E-state index in [0.29, 0.717) is 21.8 Å². The van der Waals surface area contributed by atoms with Gasteiger partial charge in [0.1, 0.15) is 0 Å². The molecule has 0 spiro atoms. The summed E-state index contributed by atoms with van der Waals surface area (Å²) in [6.45, 7) is 8.05. The number of hydrogen-bond donors (Lipinski definition) is 2. The summed E-state index contributed by atoms with van der Waals surface area (Å²) in [6, 6.07) is 3.29. The predicted molar refractivity (Wildman–Crippen MR) is 88.8 cm³/mol. The van der Waals surface area contributed by atoms with E-state index >= 15 is 0 Å². The zero-order chi connectivity index (χ0) is 16.2. The number of nitrogens with one attached hydrogen (secondary N) is 2. The normalized spacial score (nSPS) is 14.7. The molecule has 2 unspecified atom stereocenters. The van der Waals surface area contributed by atoms with Gasteiger partial charge < -0.3 is 5.32 Å². The van der Waals surface area contributed by atoms with Gasteiger partial charge in [-0.2, -0.15) is 0 Å². The molecule has 0 heterocycles. The van der Waals surface area contributed by atoms with Crippen molar-refractivity contribution < 1.29 is 12.6 Å². The van der Waals surface area contributed by atoms with Crippen LogP contribution in [0.4, 0.5) is 5.69 Å². The SMILES string of the molecule is CCNc1cc(C)c(S(=O)(=O)NC(C)CS(C)=O)c(C)c1. The third kappa shape index (κ3) is 5.09. The Kier molecular flexibility index (Phi) is 6.37. The van der Waals surface area contributed by atoms with E-state index in [1.165, 1.54) is 0 Å². The summed E-state index contributed by atoms with van der Waals surface area (Å²) in [7, 11) is -4.65. The second-order valence-electron chi connectivity index (χ2n) is 5.23. The molecule has 0 aliphatic heterocycles. The third-order valence-electron chi connectivity index (χ3n) is 2.95. The molecule has 0 saturated carbocycles. The van der Waals surface area contributed by atoms with Gasteiger partial charge >= 0.3 is 0 Å². The molecule has 0 saturated heterocycles. The highest BCUT2D eigenvalue weighted by Gasteiger charge is 2.22. The van der Waals surface area contributed by atoms with E-state index in [2.05, 4.69) is 10.0 Å². The van der Waals surface area contributed by atoms with Crippen molar-refractivity contribution in [2.45, 2.75) is 38.6 Å². The number of aryl methyl sites for hydroxylation is 2. The summed E-state index contributed by atoms with van der Waals surface area (Å²) in [6.07, 6.45) is 1.56. The minimum absolute atomic E-state index is 0.298. The van der Waals surface area contributed by atoms with Crippen LogP contribution in [-0.4, -0.2) is 37.2 Å². The Bertz CT molecular complexity index is 604. The molecule has 5 nitrogen and oxygen atoms in total. The van der Waals surface area contributed by atoms with Crippen LogP contribution in [0.1, 0.15) is 25.0 Å². The summed E-state index contributed by atoms with van der Waals surface area (Å²) in [5.74, 6) is 0.298. The molecule has 0 radical (unpaired) electrons. The minimum Gasteiger partial charge on any atom is -0.385 e. The van der Waals surface area contributed by atoms with Gasteiger partial charge in [0, 0.05) is 41.1 Å². The van der Waals surface area contributed by atoms with Crippen LogP contribution in [-0.2, 0) is 20.8 Å². The first-order chi connectivity index (χ1) is 9.67. The lowest BCUT2D eigenvalue weighted by Gasteiger charge is -2.17. The Morgan fingerprint density at radius 1 is 1.24 bits per heavy atom. The molecule has 0 aromatic heterocycles. The van der Waals surface area contributed by atoms with Gasteiger partial charge in [-0.05, 0) is 51.0 Å². The molecule has 7 heteroatoms. The zero-order valence-electron chi connectivity index (χ0n) is 13.2. The Labute approximate surface area is 130 Å². The van der Waals surface area contributed by atoms with Crippen LogP contribution in [0.5, 0.6) is 0 Å². The molecule has 120 valence electrons. The molecule has 2 N–H and O–H groups in total. The maximum atomic E-state index is 12.5. The second-order valence-corrected chi connectivity index (χ2v) is 8.36. The van der Waals surface area contributed by atoms with E-state index in [4.69, 9.17) is 0 Å². The molecule has 2 atom stereocenters. The summed E-state index contributed by atoms with van der Waals surface area (Å²) >= 11 is 0. The molecule has 21 heavy (non-hydrogen) atoms. The summed E-state index contributed by atoms with van der Waals surface area (Å²) in [4.78, 5) is 0.304. The Morgan fingerprint density at radius 3 is 2.19 bits per heavy atom. The van der Waals surface area contributed by atoms with E-state index in [1.807, 2.05) is 19.1 Å². The van der Waals surface area contributed by atoms with Crippen molar-refractivity contribution in [1.29, 1.82) is 0 Å². The van der Waals surface area contributed by atoms with E-state index in [9.17, 15) is 12.6 Å². The van der Waals surface area contributed by atoms with Crippen LogP contribution in [0, 0.1) is 13.8 Å². The van der Waals surface area contributed by atoms with E-state index in [-0.39, 0.29) is 6.04 Å². The lowest BCUT2D eigenvalue weighted by atomic mass is 10.1. The lowest BCUT2D eigenvalue weighted by molar-refractivity contribution is 0.569. The highest BCUT2D eigenvalue weighted by Crippen LogP contribution is 2.24. The Balaban J connectivity index is 3.11. The van der Waals surface area contributed by atoms with Crippen molar-refractivity contribution in [3.05, 3.63) is 23.3 Å². The smallest absolute Gasteiger partial charge is 0.241 e. The maximum Gasteiger partial charge on any atom is 0.241 e. The maximum absolute atomic E-state index is 12.5. The predicted octanol–water partition coefficient (Wildman–Crippen LogP) is 1.78. The van der Waals surface area contributed by atoms with Crippen LogP contribution >= 0.6 is 0 Å². The van der Waals surface area contributed by atoms with Gasteiger partial charge in [-0.15, -0.1) is 0 Å². The molecule has 0 bridgehead atoms. The minimum atomic E-state index is -3.61. The number of sulfonamides is 1. The van der Waals surface area contributed by atoms with Gasteiger partial charge in [0.05, 0.1) is 4.90 Å². The van der Waals surface area contributed by atoms with Crippen molar-refractivity contribution in [3.63, 3.8) is 0 Å². The van der Waals surface area contributed by atoms with Crippen molar-refractivity contribution in [1.82, 2.24) is 4.72 Å². The molecule has 0 aliphatic rings. The monoisotopic (exact) mass is 332 g/mol. The first kappa shape index (κ1) is 18.1. The van der Waals surface area contributed by atoms with Gasteiger partial charge in [0.15, 0.2) is 0 Å². The van der Waals surface area contributed by atoms with Crippen LogP contribution in [0.25, 0.3) is 0 Å². The molecular weight excluding hydrogens is 308 g/mol. The van der Waals surface area contributed by atoms with Crippen molar-refractivity contribution >= 4 is 26.5 Å². The van der Waals surface area contributed by atoms with Gasteiger partial charge in [-0.1, -0.05) is 0 Å². The molecule has 1 aromatic rings. The third-order valence-corrected chi connectivity index (χ3v) is 5.81. The van der Waals surface area contributed by atoms with Gasteiger partial charge in [-0.25, -0.2) is 13.1 Å². The summed E-state index contributed by atoms with van der Waals surface area (Å²) < 4.78 is 38.8. The van der Waals surface area contributed by atoms with Crippen molar-refractivity contribution in [2.75, 3.05) is 23.9 Å². The summed E-state index contributed by atoms with van der Waals surface area (Å²) in [5.41, 5.74) is 2.31. The zero-order valence-corrected chi connectivity index (χ0v) is 14.8. The topological polar surface area (TPSA) is 75.3 Å². The Morgan fingerprint density at radius 2 is 1.76 bits per heavy atom. The average molecular weight is 332 g/mol. The molecular formula is C14H24N2O3S2. The molecule has 0 fully saturated rings. The number of benzene rings is 1. The number of anilines is 1. The van der Waals surface area contributed by atoms with E-state index < -0.39 is 20.8 Å². The average Bonchev–Trinajstić information content (AvgIpc) is 2.24. The van der Waals surface area contributed by atoms with Crippen LogP contribution in [0.2, 0.25) is 0 Å². The fourth-order valence-electron chi connectivity index (χ4n) is 2.39. The summed E-state index contributed by atoms with van der Waals surface area (Å²) in [5, 5.41) is 3.18. The fraction of sp³-hybridized carbons (Fsp3) is 0.571. The highest BCUT2D eigenvalue weighted by atomic mass is 32.2. The lowest BCUT2D eigenvalue weighted by Crippen LogP contribution is -2.36. The molecule has 1 aromatic carbocycles.